The number of nitrogens with zero attached hydrogens (tertiary/aromatic N) is 5. The highest BCUT2D eigenvalue weighted by Gasteiger charge is 2.13. The van der Waals surface area contributed by atoms with Crippen LogP contribution < -0.4 is 5.73 Å². The first-order valence-electron chi connectivity index (χ1n) is 6.37. The molecule has 0 fully saturated rings. The molecular weight excluding hydrogens is 276 g/mol. The number of amides is 1. The molecule has 2 rings (SSSR count). The molecule has 0 radical (unpaired) electrons. The van der Waals surface area contributed by atoms with Gasteiger partial charge in [0, 0.05) is 20.0 Å². The monoisotopic (exact) mass is 292 g/mol. The van der Waals surface area contributed by atoms with Gasteiger partial charge in [-0.25, -0.2) is 15.0 Å². The van der Waals surface area contributed by atoms with E-state index in [1.165, 1.54) is 18.2 Å². The number of carbonyl (C=O) groups excluding carboxylic acids is 1. The van der Waals surface area contributed by atoms with E-state index in [1.807, 2.05) is 0 Å². The number of carbonyl (C=O) groups is 2. The molecule has 0 aliphatic rings. The van der Waals surface area contributed by atoms with E-state index in [-0.39, 0.29) is 12.5 Å². The largest absolute Gasteiger partial charge is 0.480 e. The first kappa shape index (κ1) is 14.7. The minimum atomic E-state index is -1.03. The van der Waals surface area contributed by atoms with Crippen LogP contribution in [-0.4, -0.2) is 54.5 Å². The maximum absolute atomic E-state index is 11.3. The number of rotatable bonds is 6. The van der Waals surface area contributed by atoms with Gasteiger partial charge in [-0.3, -0.25) is 9.59 Å². The molecule has 1 amide bonds. The summed E-state index contributed by atoms with van der Waals surface area (Å²) in [6.45, 7) is 1.96. The predicted molar refractivity (Wildman–Crippen MR) is 74.2 cm³/mol. The fourth-order valence-electron chi connectivity index (χ4n) is 2.01. The van der Waals surface area contributed by atoms with Crippen LogP contribution in [0.25, 0.3) is 11.2 Å². The molecule has 0 aliphatic heterocycles. The Morgan fingerprint density at radius 1 is 1.38 bits per heavy atom. The Kier molecular flexibility index (Phi) is 4.31. The van der Waals surface area contributed by atoms with Crippen LogP contribution in [0.5, 0.6) is 0 Å². The number of nitrogen functional groups attached to an aromatic ring is 1. The molecule has 2 aromatic heterocycles. The highest BCUT2D eigenvalue weighted by atomic mass is 16.4. The Balaban J connectivity index is 2.00. The van der Waals surface area contributed by atoms with Crippen molar-refractivity contribution in [2.24, 2.45) is 0 Å². The second-order valence-electron chi connectivity index (χ2n) is 4.56. The Labute approximate surface area is 120 Å². The number of anilines is 1. The van der Waals surface area contributed by atoms with E-state index in [0.29, 0.717) is 36.5 Å². The van der Waals surface area contributed by atoms with Crippen molar-refractivity contribution >= 4 is 28.9 Å². The standard InChI is InChI=1S/C12H16N6O3/c1-8(19)17(5-9(20)21)3-2-4-18-7-16-10-11(13)14-6-15-12(10)18/h6-7H,2-5H2,1H3,(H,20,21)(H2,13,14,15). The molecule has 0 unspecified atom stereocenters. The number of carboxylic acids is 1. The van der Waals surface area contributed by atoms with Gasteiger partial charge >= 0.3 is 5.97 Å². The van der Waals surface area contributed by atoms with Gasteiger partial charge < -0.3 is 20.3 Å². The van der Waals surface area contributed by atoms with Crippen molar-refractivity contribution in [2.45, 2.75) is 19.9 Å². The summed E-state index contributed by atoms with van der Waals surface area (Å²) in [4.78, 5) is 35.4. The van der Waals surface area contributed by atoms with Crippen molar-refractivity contribution in [1.29, 1.82) is 0 Å². The van der Waals surface area contributed by atoms with Crippen LogP contribution in [0.2, 0.25) is 0 Å². The smallest absolute Gasteiger partial charge is 0.323 e. The molecule has 112 valence electrons. The molecule has 2 aromatic rings. The minimum absolute atomic E-state index is 0.264. The number of fused-ring (bicyclic) bond motifs is 1. The summed E-state index contributed by atoms with van der Waals surface area (Å²) in [6, 6.07) is 0. The molecule has 0 bridgehead atoms. The number of aliphatic carboxylic acids is 1. The van der Waals surface area contributed by atoms with Crippen LogP contribution in [0.3, 0.4) is 0 Å². The molecule has 0 atom stereocenters. The van der Waals surface area contributed by atoms with Crippen molar-refractivity contribution in [1.82, 2.24) is 24.4 Å². The lowest BCUT2D eigenvalue weighted by Crippen LogP contribution is -2.35. The van der Waals surface area contributed by atoms with E-state index in [4.69, 9.17) is 10.8 Å². The lowest BCUT2D eigenvalue weighted by Gasteiger charge is -2.18. The Bertz CT molecular complexity index is 668. The topological polar surface area (TPSA) is 127 Å². The molecule has 9 heteroatoms. The lowest BCUT2D eigenvalue weighted by molar-refractivity contribution is -0.143. The van der Waals surface area contributed by atoms with Gasteiger partial charge in [-0.05, 0) is 6.42 Å². The van der Waals surface area contributed by atoms with Crippen molar-refractivity contribution in [3.8, 4) is 0 Å². The highest BCUT2D eigenvalue weighted by molar-refractivity contribution is 5.81. The Hall–Kier alpha value is -2.71. The number of hydrogen-bond donors (Lipinski definition) is 2. The zero-order valence-corrected chi connectivity index (χ0v) is 11.6. The second-order valence-corrected chi connectivity index (χ2v) is 4.56. The lowest BCUT2D eigenvalue weighted by atomic mass is 10.3. The number of nitrogens with two attached hydrogens (primary N) is 1. The van der Waals surface area contributed by atoms with Crippen LogP contribution in [0.15, 0.2) is 12.7 Å². The predicted octanol–water partition coefficient (Wildman–Crippen LogP) is -0.268. The molecular formula is C12H16N6O3. The quantitative estimate of drug-likeness (QED) is 0.750. The van der Waals surface area contributed by atoms with E-state index in [2.05, 4.69) is 15.0 Å². The van der Waals surface area contributed by atoms with Crippen LogP contribution in [-0.2, 0) is 16.1 Å². The van der Waals surface area contributed by atoms with Gasteiger partial charge in [0.1, 0.15) is 18.4 Å². The van der Waals surface area contributed by atoms with Gasteiger partial charge in [0.15, 0.2) is 11.5 Å². The molecule has 0 saturated heterocycles. The first-order chi connectivity index (χ1) is 9.99. The van der Waals surface area contributed by atoms with E-state index in [1.54, 1.807) is 10.9 Å². The number of carboxylic acid groups (broad SMARTS) is 1. The fraction of sp³-hybridized carbons (Fsp3) is 0.417. The van der Waals surface area contributed by atoms with Crippen molar-refractivity contribution in [3.05, 3.63) is 12.7 Å². The number of hydrogen-bond acceptors (Lipinski definition) is 6. The second kappa shape index (κ2) is 6.16. The summed E-state index contributed by atoms with van der Waals surface area (Å²) in [7, 11) is 0. The molecule has 0 aliphatic carbocycles. The van der Waals surface area contributed by atoms with Crippen molar-refractivity contribution in [3.63, 3.8) is 0 Å². The molecule has 21 heavy (non-hydrogen) atoms. The van der Waals surface area contributed by atoms with Gasteiger partial charge in [-0.15, -0.1) is 0 Å². The fourth-order valence-corrected chi connectivity index (χ4v) is 2.01. The SMILES string of the molecule is CC(=O)N(CCCn1cnc2c(N)ncnc21)CC(=O)O. The molecule has 0 spiro atoms. The molecule has 0 aromatic carbocycles. The van der Waals surface area contributed by atoms with Gasteiger partial charge in [-0.2, -0.15) is 0 Å². The van der Waals surface area contributed by atoms with Crippen LogP contribution in [0.4, 0.5) is 5.82 Å². The third kappa shape index (κ3) is 3.44. The zero-order valence-electron chi connectivity index (χ0n) is 11.6. The van der Waals surface area contributed by atoms with E-state index in [9.17, 15) is 9.59 Å². The summed E-state index contributed by atoms with van der Waals surface area (Å²) < 4.78 is 1.80. The maximum Gasteiger partial charge on any atom is 0.323 e. The average Bonchev–Trinajstić information content (AvgIpc) is 2.82. The third-order valence-corrected chi connectivity index (χ3v) is 3.03. The highest BCUT2D eigenvalue weighted by Crippen LogP contribution is 2.14. The summed E-state index contributed by atoms with van der Waals surface area (Å²) in [5.41, 5.74) is 6.85. The maximum atomic E-state index is 11.3. The molecule has 9 nitrogen and oxygen atoms in total. The van der Waals surface area contributed by atoms with Gasteiger partial charge in [-0.1, -0.05) is 0 Å². The van der Waals surface area contributed by atoms with Gasteiger partial charge in [0.2, 0.25) is 5.91 Å². The van der Waals surface area contributed by atoms with Crippen LogP contribution in [0, 0.1) is 0 Å². The van der Waals surface area contributed by atoms with Gasteiger partial charge in [0.25, 0.3) is 0 Å². The number of imidazole rings is 1. The Morgan fingerprint density at radius 3 is 2.81 bits per heavy atom. The summed E-state index contributed by atoms with van der Waals surface area (Å²) >= 11 is 0. The number of aromatic nitrogens is 4. The first-order valence-corrected chi connectivity index (χ1v) is 6.37. The molecule has 2 heterocycles. The molecule has 0 saturated carbocycles. The summed E-state index contributed by atoms with van der Waals surface area (Å²) in [6.07, 6.45) is 3.55. The number of aryl methyl sites for hydroxylation is 1. The van der Waals surface area contributed by atoms with Crippen LogP contribution in [0.1, 0.15) is 13.3 Å². The normalized spacial score (nSPS) is 10.7. The van der Waals surface area contributed by atoms with E-state index in [0.717, 1.165) is 0 Å². The third-order valence-electron chi connectivity index (χ3n) is 3.03. The zero-order chi connectivity index (χ0) is 15.4. The molecule has 3 N–H and O–H groups in total. The summed E-state index contributed by atoms with van der Waals surface area (Å²) in [5.74, 6) is -0.978. The van der Waals surface area contributed by atoms with Crippen molar-refractivity contribution in [2.75, 3.05) is 18.8 Å². The van der Waals surface area contributed by atoms with E-state index < -0.39 is 5.97 Å². The minimum Gasteiger partial charge on any atom is -0.480 e. The van der Waals surface area contributed by atoms with Gasteiger partial charge in [0.05, 0.1) is 6.33 Å². The average molecular weight is 292 g/mol. The summed E-state index contributed by atoms with van der Waals surface area (Å²) in [5, 5.41) is 8.75. The van der Waals surface area contributed by atoms with Crippen molar-refractivity contribution < 1.29 is 14.7 Å². The Morgan fingerprint density at radius 2 is 2.14 bits per heavy atom. The van der Waals surface area contributed by atoms with E-state index >= 15 is 0 Å². The van der Waals surface area contributed by atoms with Crippen LogP contribution >= 0.6 is 0 Å².